The quantitative estimate of drug-likeness (QED) is 0.346. The molecular weight excluding hydrogens is 406 g/mol. The first-order valence-electron chi connectivity index (χ1n) is 8.80. The molecule has 4 aromatic rings. The Hall–Kier alpha value is -2.47. The van der Waals surface area contributed by atoms with E-state index in [1.54, 1.807) is 11.3 Å². The summed E-state index contributed by atoms with van der Waals surface area (Å²) < 4.78 is 1.21. The Morgan fingerprint density at radius 3 is 2.39 bits per heavy atom. The van der Waals surface area contributed by atoms with Crippen LogP contribution in [0.15, 0.2) is 60.7 Å². The van der Waals surface area contributed by atoms with Gasteiger partial charge in [0, 0.05) is 22.0 Å². The molecule has 0 spiro atoms. The van der Waals surface area contributed by atoms with Gasteiger partial charge in [0.2, 0.25) is 0 Å². The second-order valence-corrected chi connectivity index (χ2v) is 8.46. The van der Waals surface area contributed by atoms with Crippen molar-refractivity contribution in [1.29, 1.82) is 0 Å². The van der Waals surface area contributed by atoms with Crippen LogP contribution in [0.3, 0.4) is 0 Å². The topological polar surface area (TPSA) is 37.0 Å². The molecule has 0 aliphatic heterocycles. The van der Waals surface area contributed by atoms with Crippen molar-refractivity contribution in [2.24, 2.45) is 0 Å². The number of benzene rings is 3. The third-order valence-electron chi connectivity index (χ3n) is 4.36. The number of nitrogens with zero attached hydrogens (tertiary/aromatic N) is 1. The van der Waals surface area contributed by atoms with E-state index in [-0.39, 0.29) is 0 Å². The summed E-state index contributed by atoms with van der Waals surface area (Å²) in [5, 5.41) is 8.59. The van der Waals surface area contributed by atoms with Crippen molar-refractivity contribution in [2.75, 3.05) is 10.6 Å². The molecule has 0 fully saturated rings. The SMILES string of the molecule is Cc1ccc2nc(-c3ccc(NC(=S)Nc4ccc(C)c(Cl)c4)cc3)sc2c1. The lowest BCUT2D eigenvalue weighted by atomic mass is 10.2. The average molecular weight is 424 g/mol. The molecule has 0 unspecified atom stereocenters. The van der Waals surface area contributed by atoms with E-state index in [1.165, 1.54) is 10.3 Å². The lowest BCUT2D eigenvalue weighted by molar-refractivity contribution is 1.45. The molecule has 1 aromatic heterocycles. The van der Waals surface area contributed by atoms with Gasteiger partial charge in [-0.2, -0.15) is 0 Å². The predicted octanol–water partition coefficient (Wildman–Crippen LogP) is 7.04. The number of anilines is 2. The maximum atomic E-state index is 6.16. The first-order chi connectivity index (χ1) is 13.5. The molecule has 0 radical (unpaired) electrons. The number of hydrogen-bond acceptors (Lipinski definition) is 3. The molecule has 2 N–H and O–H groups in total. The summed E-state index contributed by atoms with van der Waals surface area (Å²) in [5.74, 6) is 0. The fraction of sp³-hybridized carbons (Fsp3) is 0.0909. The maximum absolute atomic E-state index is 6.16. The van der Waals surface area contributed by atoms with Crippen LogP contribution in [0.2, 0.25) is 5.02 Å². The summed E-state index contributed by atoms with van der Waals surface area (Å²) in [5.41, 5.74) is 6.18. The summed E-state index contributed by atoms with van der Waals surface area (Å²) in [7, 11) is 0. The molecule has 6 heteroatoms. The van der Waals surface area contributed by atoms with Gasteiger partial charge in [-0.15, -0.1) is 11.3 Å². The van der Waals surface area contributed by atoms with Gasteiger partial charge >= 0.3 is 0 Å². The molecule has 3 aromatic carbocycles. The van der Waals surface area contributed by atoms with E-state index in [9.17, 15) is 0 Å². The normalized spacial score (nSPS) is 10.8. The third-order valence-corrected chi connectivity index (χ3v) is 6.04. The van der Waals surface area contributed by atoms with E-state index in [0.717, 1.165) is 33.0 Å². The fourth-order valence-electron chi connectivity index (χ4n) is 2.82. The third kappa shape index (κ3) is 4.17. The number of nitrogens with one attached hydrogen (secondary N) is 2. The van der Waals surface area contributed by atoms with Crippen molar-refractivity contribution in [3.8, 4) is 10.6 Å². The number of hydrogen-bond donors (Lipinski definition) is 2. The van der Waals surface area contributed by atoms with Gasteiger partial charge in [0.15, 0.2) is 5.11 Å². The number of halogens is 1. The van der Waals surface area contributed by atoms with Gasteiger partial charge < -0.3 is 10.6 Å². The Morgan fingerprint density at radius 1 is 0.929 bits per heavy atom. The minimum Gasteiger partial charge on any atom is -0.332 e. The minimum absolute atomic E-state index is 0.517. The van der Waals surface area contributed by atoms with Gasteiger partial charge in [-0.1, -0.05) is 23.7 Å². The summed E-state index contributed by atoms with van der Waals surface area (Å²) in [4.78, 5) is 4.73. The number of fused-ring (bicyclic) bond motifs is 1. The number of aromatic nitrogens is 1. The molecule has 1 heterocycles. The average Bonchev–Trinajstić information content (AvgIpc) is 3.08. The fourth-order valence-corrected chi connectivity index (χ4v) is 4.30. The smallest absolute Gasteiger partial charge is 0.175 e. The molecule has 0 saturated carbocycles. The van der Waals surface area contributed by atoms with Crippen LogP contribution in [0.5, 0.6) is 0 Å². The van der Waals surface area contributed by atoms with Crippen molar-refractivity contribution in [3.05, 3.63) is 76.8 Å². The van der Waals surface area contributed by atoms with E-state index in [4.69, 9.17) is 28.8 Å². The van der Waals surface area contributed by atoms with Crippen LogP contribution < -0.4 is 10.6 Å². The van der Waals surface area contributed by atoms with Crippen molar-refractivity contribution in [2.45, 2.75) is 13.8 Å². The predicted molar refractivity (Wildman–Crippen MR) is 126 cm³/mol. The number of aryl methyl sites for hydroxylation is 2. The standard InChI is InChI=1S/C22H18ClN3S2/c1-13-3-10-19-20(11-13)28-21(26-19)15-5-8-16(9-6-15)24-22(27)25-17-7-4-14(2)18(23)12-17/h3-12H,1-2H3,(H2,24,25,27). The van der Waals surface area contributed by atoms with E-state index < -0.39 is 0 Å². The molecular formula is C22H18ClN3S2. The Morgan fingerprint density at radius 2 is 1.64 bits per heavy atom. The Labute approximate surface area is 178 Å². The minimum atomic E-state index is 0.517. The highest BCUT2D eigenvalue weighted by Crippen LogP contribution is 2.31. The van der Waals surface area contributed by atoms with Crippen LogP contribution in [0.25, 0.3) is 20.8 Å². The molecule has 3 nitrogen and oxygen atoms in total. The monoisotopic (exact) mass is 423 g/mol. The molecule has 0 aliphatic carbocycles. The van der Waals surface area contributed by atoms with Crippen LogP contribution in [-0.4, -0.2) is 10.1 Å². The number of thiocarbonyl (C=S) groups is 1. The van der Waals surface area contributed by atoms with Gasteiger partial charge in [-0.3, -0.25) is 0 Å². The van der Waals surface area contributed by atoms with E-state index in [1.807, 2.05) is 37.3 Å². The lowest BCUT2D eigenvalue weighted by Gasteiger charge is -2.11. The summed E-state index contributed by atoms with van der Waals surface area (Å²) >= 11 is 13.3. The molecule has 0 atom stereocenters. The lowest BCUT2D eigenvalue weighted by Crippen LogP contribution is -2.18. The van der Waals surface area contributed by atoms with Crippen LogP contribution in [0.4, 0.5) is 11.4 Å². The molecule has 0 aliphatic rings. The molecule has 28 heavy (non-hydrogen) atoms. The molecule has 4 rings (SSSR count). The summed E-state index contributed by atoms with van der Waals surface area (Å²) in [6.45, 7) is 4.07. The highest BCUT2D eigenvalue weighted by Gasteiger charge is 2.07. The Bertz CT molecular complexity index is 1170. The largest absolute Gasteiger partial charge is 0.332 e. The summed E-state index contributed by atoms with van der Waals surface area (Å²) in [6, 6.07) is 20.2. The van der Waals surface area contributed by atoms with E-state index >= 15 is 0 Å². The maximum Gasteiger partial charge on any atom is 0.175 e. The van der Waals surface area contributed by atoms with Crippen molar-refractivity contribution in [3.63, 3.8) is 0 Å². The van der Waals surface area contributed by atoms with Gasteiger partial charge in [-0.25, -0.2) is 4.98 Å². The first kappa shape index (κ1) is 18.9. The van der Waals surface area contributed by atoms with Gasteiger partial charge in [0.05, 0.1) is 10.2 Å². The van der Waals surface area contributed by atoms with Crippen LogP contribution in [0, 0.1) is 13.8 Å². The highest BCUT2D eigenvalue weighted by atomic mass is 35.5. The zero-order valence-corrected chi connectivity index (χ0v) is 17.8. The summed E-state index contributed by atoms with van der Waals surface area (Å²) in [6.07, 6.45) is 0. The van der Waals surface area contributed by atoms with Gasteiger partial charge in [0.25, 0.3) is 0 Å². The molecule has 0 bridgehead atoms. The van der Waals surface area contributed by atoms with Crippen molar-refractivity contribution >= 4 is 61.9 Å². The van der Waals surface area contributed by atoms with E-state index in [2.05, 4.69) is 47.9 Å². The van der Waals surface area contributed by atoms with E-state index in [0.29, 0.717) is 10.1 Å². The zero-order valence-electron chi connectivity index (χ0n) is 15.4. The highest BCUT2D eigenvalue weighted by molar-refractivity contribution is 7.80. The Kier molecular flexibility index (Phi) is 5.31. The molecule has 140 valence electrons. The Balaban J connectivity index is 1.46. The molecule has 0 amide bonds. The second-order valence-electron chi connectivity index (χ2n) is 6.61. The van der Waals surface area contributed by atoms with Crippen LogP contribution >= 0.6 is 35.2 Å². The second kappa shape index (κ2) is 7.87. The van der Waals surface area contributed by atoms with Gasteiger partial charge in [-0.05, 0) is 85.7 Å². The van der Waals surface area contributed by atoms with Gasteiger partial charge in [0.1, 0.15) is 5.01 Å². The van der Waals surface area contributed by atoms with Crippen LogP contribution in [0.1, 0.15) is 11.1 Å². The van der Waals surface area contributed by atoms with Crippen molar-refractivity contribution < 1.29 is 0 Å². The van der Waals surface area contributed by atoms with Crippen LogP contribution in [-0.2, 0) is 0 Å². The zero-order chi connectivity index (χ0) is 19.7. The molecule has 0 saturated heterocycles. The number of rotatable bonds is 3. The number of thiazole rings is 1. The van der Waals surface area contributed by atoms with Crippen molar-refractivity contribution in [1.82, 2.24) is 4.98 Å². The first-order valence-corrected chi connectivity index (χ1v) is 10.4.